The van der Waals surface area contributed by atoms with Gasteiger partial charge < -0.3 is 14.8 Å². The molecule has 0 radical (unpaired) electrons. The van der Waals surface area contributed by atoms with Crippen LogP contribution in [0.3, 0.4) is 0 Å². The molecule has 20 heavy (non-hydrogen) atoms. The predicted octanol–water partition coefficient (Wildman–Crippen LogP) is 3.88. The SMILES string of the molecule is CCOC(=O)CCCCCNc1ccc(OC)c(Cl)c1. The second kappa shape index (κ2) is 9.48. The lowest BCUT2D eigenvalue weighted by Gasteiger charge is -2.09. The van der Waals surface area contributed by atoms with E-state index >= 15 is 0 Å². The molecule has 1 N–H and O–H groups in total. The Hall–Kier alpha value is -1.42. The quantitative estimate of drug-likeness (QED) is 0.555. The molecule has 0 aromatic heterocycles. The Bertz CT molecular complexity index is 424. The summed E-state index contributed by atoms with van der Waals surface area (Å²) in [6.45, 7) is 3.13. The molecule has 0 bridgehead atoms. The zero-order valence-corrected chi connectivity index (χ0v) is 12.8. The van der Waals surface area contributed by atoms with Gasteiger partial charge in [-0.15, -0.1) is 0 Å². The van der Waals surface area contributed by atoms with E-state index in [4.69, 9.17) is 21.1 Å². The minimum Gasteiger partial charge on any atom is -0.495 e. The molecular weight excluding hydrogens is 278 g/mol. The van der Waals surface area contributed by atoms with E-state index in [0.717, 1.165) is 31.5 Å². The van der Waals surface area contributed by atoms with E-state index < -0.39 is 0 Å². The van der Waals surface area contributed by atoms with Gasteiger partial charge in [0, 0.05) is 18.7 Å². The lowest BCUT2D eigenvalue weighted by molar-refractivity contribution is -0.143. The second-order valence-electron chi connectivity index (χ2n) is 4.39. The number of ether oxygens (including phenoxy) is 2. The number of anilines is 1. The first kappa shape index (κ1) is 16.6. The fraction of sp³-hybridized carbons (Fsp3) is 0.533. The summed E-state index contributed by atoms with van der Waals surface area (Å²) in [5, 5.41) is 3.89. The zero-order valence-electron chi connectivity index (χ0n) is 12.1. The van der Waals surface area contributed by atoms with Crippen LogP contribution in [0.1, 0.15) is 32.6 Å². The highest BCUT2D eigenvalue weighted by molar-refractivity contribution is 6.32. The number of halogens is 1. The van der Waals surface area contributed by atoms with Crippen LogP contribution in [0.2, 0.25) is 5.02 Å². The molecule has 0 saturated carbocycles. The third-order valence-corrected chi connectivity index (χ3v) is 3.14. The molecule has 0 unspecified atom stereocenters. The lowest BCUT2D eigenvalue weighted by atomic mass is 10.2. The van der Waals surface area contributed by atoms with Crippen molar-refractivity contribution in [3.63, 3.8) is 0 Å². The van der Waals surface area contributed by atoms with Crippen LogP contribution in [0.4, 0.5) is 5.69 Å². The van der Waals surface area contributed by atoms with Crippen LogP contribution in [0.15, 0.2) is 18.2 Å². The topological polar surface area (TPSA) is 47.6 Å². The van der Waals surface area contributed by atoms with Crippen LogP contribution in [0, 0.1) is 0 Å². The van der Waals surface area contributed by atoms with Crippen LogP contribution >= 0.6 is 11.6 Å². The number of carbonyl (C=O) groups is 1. The Morgan fingerprint density at radius 3 is 2.75 bits per heavy atom. The maximum atomic E-state index is 11.1. The summed E-state index contributed by atoms with van der Waals surface area (Å²) in [7, 11) is 1.60. The molecule has 0 aliphatic carbocycles. The molecule has 0 amide bonds. The van der Waals surface area contributed by atoms with Gasteiger partial charge in [0.05, 0.1) is 18.7 Å². The summed E-state index contributed by atoms with van der Waals surface area (Å²) in [5.74, 6) is 0.564. The molecule has 4 nitrogen and oxygen atoms in total. The van der Waals surface area contributed by atoms with Gasteiger partial charge in [-0.05, 0) is 38.0 Å². The smallest absolute Gasteiger partial charge is 0.305 e. The third kappa shape index (κ3) is 6.15. The Morgan fingerprint density at radius 2 is 2.10 bits per heavy atom. The Balaban J connectivity index is 2.15. The molecule has 0 aliphatic heterocycles. The largest absolute Gasteiger partial charge is 0.495 e. The van der Waals surface area contributed by atoms with Gasteiger partial charge >= 0.3 is 5.97 Å². The van der Waals surface area contributed by atoms with Gasteiger partial charge in [0.15, 0.2) is 0 Å². The summed E-state index contributed by atoms with van der Waals surface area (Å²) in [6, 6.07) is 5.62. The van der Waals surface area contributed by atoms with Crippen molar-refractivity contribution in [2.45, 2.75) is 32.6 Å². The van der Waals surface area contributed by atoms with E-state index in [2.05, 4.69) is 5.32 Å². The summed E-state index contributed by atoms with van der Waals surface area (Å²) in [4.78, 5) is 11.1. The molecule has 5 heteroatoms. The van der Waals surface area contributed by atoms with Crippen molar-refractivity contribution >= 4 is 23.3 Å². The maximum Gasteiger partial charge on any atom is 0.305 e. The normalized spacial score (nSPS) is 10.2. The Kier molecular flexibility index (Phi) is 7.88. The van der Waals surface area contributed by atoms with Gasteiger partial charge in [-0.25, -0.2) is 0 Å². The molecule has 1 aromatic carbocycles. The van der Waals surface area contributed by atoms with Crippen LogP contribution in [0.5, 0.6) is 5.75 Å². The van der Waals surface area contributed by atoms with E-state index in [9.17, 15) is 4.79 Å². The number of methoxy groups -OCH3 is 1. The summed E-state index contributed by atoms with van der Waals surface area (Å²) >= 11 is 6.04. The van der Waals surface area contributed by atoms with Crippen LogP contribution in [-0.2, 0) is 9.53 Å². The van der Waals surface area contributed by atoms with Crippen molar-refractivity contribution in [3.8, 4) is 5.75 Å². The summed E-state index contributed by atoms with van der Waals surface area (Å²) < 4.78 is 9.97. The van der Waals surface area contributed by atoms with Crippen molar-refractivity contribution in [1.29, 1.82) is 0 Å². The number of esters is 1. The highest BCUT2D eigenvalue weighted by Gasteiger charge is 2.02. The highest BCUT2D eigenvalue weighted by atomic mass is 35.5. The summed E-state index contributed by atoms with van der Waals surface area (Å²) in [6.07, 6.45) is 3.37. The number of nitrogens with one attached hydrogen (secondary N) is 1. The van der Waals surface area contributed by atoms with E-state index in [1.165, 1.54) is 0 Å². The Morgan fingerprint density at radius 1 is 1.30 bits per heavy atom. The molecule has 0 saturated heterocycles. The minimum atomic E-state index is -0.109. The fourth-order valence-electron chi connectivity index (χ4n) is 1.81. The highest BCUT2D eigenvalue weighted by Crippen LogP contribution is 2.27. The third-order valence-electron chi connectivity index (χ3n) is 2.84. The van der Waals surface area contributed by atoms with Crippen LogP contribution in [0.25, 0.3) is 0 Å². The molecule has 1 aromatic rings. The van der Waals surface area contributed by atoms with E-state index in [0.29, 0.717) is 23.8 Å². The fourth-order valence-corrected chi connectivity index (χ4v) is 2.07. The number of benzene rings is 1. The number of carbonyl (C=O) groups excluding carboxylic acids is 1. The standard InChI is InChI=1S/C15H22ClNO3/c1-3-20-15(18)7-5-4-6-10-17-12-8-9-14(19-2)13(16)11-12/h8-9,11,17H,3-7,10H2,1-2H3. The minimum absolute atomic E-state index is 0.109. The Labute approximate surface area is 125 Å². The molecule has 0 fully saturated rings. The van der Waals surface area contributed by atoms with Crippen molar-refractivity contribution in [2.75, 3.05) is 25.6 Å². The first-order valence-corrected chi connectivity index (χ1v) is 7.28. The molecule has 0 atom stereocenters. The predicted molar refractivity (Wildman–Crippen MR) is 81.6 cm³/mol. The van der Waals surface area contributed by atoms with Crippen molar-refractivity contribution in [2.24, 2.45) is 0 Å². The number of hydrogen-bond acceptors (Lipinski definition) is 4. The molecule has 0 heterocycles. The first-order chi connectivity index (χ1) is 9.67. The average molecular weight is 300 g/mol. The van der Waals surface area contributed by atoms with Gasteiger partial charge in [-0.3, -0.25) is 4.79 Å². The maximum absolute atomic E-state index is 11.1. The van der Waals surface area contributed by atoms with Crippen molar-refractivity contribution in [1.82, 2.24) is 0 Å². The van der Waals surface area contributed by atoms with Gasteiger partial charge in [-0.1, -0.05) is 18.0 Å². The molecular formula is C15H22ClNO3. The molecule has 112 valence electrons. The van der Waals surface area contributed by atoms with Gasteiger partial charge in [0.1, 0.15) is 5.75 Å². The van der Waals surface area contributed by atoms with Crippen LogP contribution < -0.4 is 10.1 Å². The van der Waals surface area contributed by atoms with E-state index in [1.54, 1.807) is 7.11 Å². The zero-order chi connectivity index (χ0) is 14.8. The van der Waals surface area contributed by atoms with E-state index in [1.807, 2.05) is 25.1 Å². The van der Waals surface area contributed by atoms with E-state index in [-0.39, 0.29) is 5.97 Å². The van der Waals surface area contributed by atoms with Gasteiger partial charge in [0.25, 0.3) is 0 Å². The average Bonchev–Trinajstić information content (AvgIpc) is 2.43. The van der Waals surface area contributed by atoms with Crippen molar-refractivity contribution < 1.29 is 14.3 Å². The summed E-state index contributed by atoms with van der Waals surface area (Å²) in [5.41, 5.74) is 0.973. The van der Waals surface area contributed by atoms with Crippen LogP contribution in [-0.4, -0.2) is 26.2 Å². The number of rotatable bonds is 9. The monoisotopic (exact) mass is 299 g/mol. The second-order valence-corrected chi connectivity index (χ2v) is 4.80. The van der Waals surface area contributed by atoms with Crippen molar-refractivity contribution in [3.05, 3.63) is 23.2 Å². The lowest BCUT2D eigenvalue weighted by Crippen LogP contribution is -2.05. The first-order valence-electron chi connectivity index (χ1n) is 6.90. The molecule has 0 aliphatic rings. The molecule has 1 rings (SSSR count). The number of unbranched alkanes of at least 4 members (excludes halogenated alkanes) is 2. The molecule has 0 spiro atoms. The van der Waals surface area contributed by atoms with Gasteiger partial charge in [-0.2, -0.15) is 0 Å². The number of hydrogen-bond donors (Lipinski definition) is 1. The van der Waals surface area contributed by atoms with Gasteiger partial charge in [0.2, 0.25) is 0 Å².